The van der Waals surface area contributed by atoms with Gasteiger partial charge in [-0.15, -0.1) is 0 Å². The number of ketones is 1. The SMILES string of the molecule is CC.CC.CC.CC(C)=O.c1ccccc1. The normalized spacial score (nSPS) is 5.75. The summed E-state index contributed by atoms with van der Waals surface area (Å²) in [6, 6.07) is 12.0. The van der Waals surface area contributed by atoms with Gasteiger partial charge in [-0.2, -0.15) is 0 Å². The predicted molar refractivity (Wildman–Crippen MR) is 76.8 cm³/mol. The van der Waals surface area contributed by atoms with Crippen molar-refractivity contribution in [3.05, 3.63) is 36.4 Å². The van der Waals surface area contributed by atoms with Gasteiger partial charge < -0.3 is 4.79 Å². The Balaban J connectivity index is -0.0000000639. The summed E-state index contributed by atoms with van der Waals surface area (Å²) in [5.74, 6) is 0.167. The van der Waals surface area contributed by atoms with Gasteiger partial charge in [0.05, 0.1) is 0 Å². The molecule has 1 heteroatoms. The minimum Gasteiger partial charge on any atom is -0.300 e. The molecule has 0 heterocycles. The summed E-state index contributed by atoms with van der Waals surface area (Å²) in [6.45, 7) is 15.1. The molecule has 0 atom stereocenters. The summed E-state index contributed by atoms with van der Waals surface area (Å²) in [5, 5.41) is 0. The zero-order chi connectivity index (χ0) is 13.8. The van der Waals surface area contributed by atoms with Crippen LogP contribution in [0.4, 0.5) is 0 Å². The lowest BCUT2D eigenvalue weighted by molar-refractivity contribution is -0.114. The van der Waals surface area contributed by atoms with Crippen LogP contribution in [0.15, 0.2) is 36.4 Å². The smallest absolute Gasteiger partial charge is 0.126 e. The molecule has 1 rings (SSSR count). The van der Waals surface area contributed by atoms with E-state index in [2.05, 4.69) is 0 Å². The van der Waals surface area contributed by atoms with Gasteiger partial charge in [-0.3, -0.25) is 0 Å². The summed E-state index contributed by atoms with van der Waals surface area (Å²) >= 11 is 0. The van der Waals surface area contributed by atoms with E-state index in [0.717, 1.165) is 0 Å². The second-order valence-corrected chi connectivity index (χ2v) is 2.06. The number of benzene rings is 1. The van der Waals surface area contributed by atoms with E-state index in [4.69, 9.17) is 0 Å². The second-order valence-electron chi connectivity index (χ2n) is 2.06. The monoisotopic (exact) mass is 226 g/mol. The van der Waals surface area contributed by atoms with Crippen molar-refractivity contribution in [2.45, 2.75) is 55.4 Å². The third kappa shape index (κ3) is 76.2. The van der Waals surface area contributed by atoms with Crippen molar-refractivity contribution >= 4 is 5.78 Å². The number of Topliss-reactive ketones (excluding diaryl/α,β-unsaturated/α-hetero) is 1. The van der Waals surface area contributed by atoms with E-state index in [0.29, 0.717) is 0 Å². The summed E-state index contributed by atoms with van der Waals surface area (Å²) in [6.07, 6.45) is 0. The Morgan fingerprint density at radius 3 is 0.688 bits per heavy atom. The topological polar surface area (TPSA) is 17.1 Å². The predicted octanol–water partition coefficient (Wildman–Crippen LogP) is 5.36. The zero-order valence-electron chi connectivity index (χ0n) is 12.4. The van der Waals surface area contributed by atoms with Crippen LogP contribution in [0.25, 0.3) is 0 Å². The third-order valence-corrected chi connectivity index (χ3v) is 0.667. The average Bonchev–Trinajstić information content (AvgIpc) is 2.38. The molecular weight excluding hydrogens is 196 g/mol. The fourth-order valence-electron chi connectivity index (χ4n) is 0.385. The van der Waals surface area contributed by atoms with E-state index in [9.17, 15) is 4.79 Å². The van der Waals surface area contributed by atoms with Crippen molar-refractivity contribution in [3.8, 4) is 0 Å². The van der Waals surface area contributed by atoms with Crippen LogP contribution in [0, 0.1) is 0 Å². The Labute approximate surface area is 103 Å². The first-order valence-electron chi connectivity index (χ1n) is 6.20. The summed E-state index contributed by atoms with van der Waals surface area (Å²) < 4.78 is 0. The molecule has 0 spiro atoms. The first kappa shape index (κ1) is 24.2. The molecule has 0 amide bonds. The third-order valence-electron chi connectivity index (χ3n) is 0.667. The lowest BCUT2D eigenvalue weighted by Crippen LogP contribution is -1.69. The fraction of sp³-hybridized carbons (Fsp3) is 0.533. The van der Waals surface area contributed by atoms with Crippen molar-refractivity contribution < 1.29 is 4.79 Å². The van der Waals surface area contributed by atoms with Crippen molar-refractivity contribution in [2.75, 3.05) is 0 Å². The van der Waals surface area contributed by atoms with Crippen molar-refractivity contribution in [2.24, 2.45) is 0 Å². The molecular formula is C15H30O. The highest BCUT2D eigenvalue weighted by molar-refractivity contribution is 5.72. The molecule has 0 aromatic heterocycles. The van der Waals surface area contributed by atoms with E-state index in [1.165, 1.54) is 13.8 Å². The first-order chi connectivity index (χ1) is 7.73. The van der Waals surface area contributed by atoms with Gasteiger partial charge in [0.25, 0.3) is 0 Å². The molecule has 0 aliphatic carbocycles. The van der Waals surface area contributed by atoms with Gasteiger partial charge in [-0.05, 0) is 13.8 Å². The van der Waals surface area contributed by atoms with Gasteiger partial charge in [0.1, 0.15) is 5.78 Å². The molecule has 16 heavy (non-hydrogen) atoms. The molecule has 0 bridgehead atoms. The van der Waals surface area contributed by atoms with Crippen LogP contribution in [0.1, 0.15) is 55.4 Å². The van der Waals surface area contributed by atoms with Crippen LogP contribution in [-0.4, -0.2) is 5.78 Å². The molecule has 0 saturated heterocycles. The molecule has 0 aliphatic heterocycles. The number of hydrogen-bond acceptors (Lipinski definition) is 1. The Hall–Kier alpha value is -1.11. The molecule has 1 aromatic rings. The van der Waals surface area contributed by atoms with Gasteiger partial charge in [0.15, 0.2) is 0 Å². The van der Waals surface area contributed by atoms with Crippen molar-refractivity contribution in [1.82, 2.24) is 0 Å². The summed E-state index contributed by atoms with van der Waals surface area (Å²) in [4.78, 5) is 9.44. The molecule has 96 valence electrons. The standard InChI is InChI=1S/C6H6.C3H6O.3C2H6/c1-2-4-6-5-3-1;1-3(2)4;3*1-2/h1-6H;1-2H3;3*1-2H3. The highest BCUT2D eigenvalue weighted by Crippen LogP contribution is 1.79. The van der Waals surface area contributed by atoms with E-state index in [-0.39, 0.29) is 5.78 Å². The second kappa shape index (κ2) is 37.1. The average molecular weight is 226 g/mol. The maximum atomic E-state index is 9.44. The van der Waals surface area contributed by atoms with Gasteiger partial charge in [0.2, 0.25) is 0 Å². The first-order valence-corrected chi connectivity index (χ1v) is 6.20. The minimum absolute atomic E-state index is 0.167. The lowest BCUT2D eigenvalue weighted by atomic mass is 10.4. The van der Waals surface area contributed by atoms with Crippen LogP contribution >= 0.6 is 0 Å². The van der Waals surface area contributed by atoms with Crippen molar-refractivity contribution in [3.63, 3.8) is 0 Å². The summed E-state index contributed by atoms with van der Waals surface area (Å²) in [7, 11) is 0. The van der Waals surface area contributed by atoms with Gasteiger partial charge in [-0.25, -0.2) is 0 Å². The highest BCUT2D eigenvalue weighted by atomic mass is 16.1. The minimum atomic E-state index is 0.167. The lowest BCUT2D eigenvalue weighted by Gasteiger charge is -1.69. The van der Waals surface area contributed by atoms with Crippen LogP contribution in [-0.2, 0) is 4.79 Å². The van der Waals surface area contributed by atoms with E-state index >= 15 is 0 Å². The number of carbonyl (C=O) groups is 1. The summed E-state index contributed by atoms with van der Waals surface area (Å²) in [5.41, 5.74) is 0. The van der Waals surface area contributed by atoms with Gasteiger partial charge in [0, 0.05) is 0 Å². The van der Waals surface area contributed by atoms with Crippen LogP contribution in [0.2, 0.25) is 0 Å². The Kier molecular flexibility index (Phi) is 56.1. The van der Waals surface area contributed by atoms with Crippen molar-refractivity contribution in [1.29, 1.82) is 0 Å². The molecule has 0 saturated carbocycles. The molecule has 0 N–H and O–H groups in total. The van der Waals surface area contributed by atoms with Gasteiger partial charge >= 0.3 is 0 Å². The molecule has 0 aliphatic rings. The Morgan fingerprint density at radius 2 is 0.625 bits per heavy atom. The van der Waals surface area contributed by atoms with E-state index in [1.54, 1.807) is 0 Å². The maximum Gasteiger partial charge on any atom is 0.126 e. The van der Waals surface area contributed by atoms with Crippen LogP contribution in [0.3, 0.4) is 0 Å². The van der Waals surface area contributed by atoms with Crippen LogP contribution in [0.5, 0.6) is 0 Å². The molecule has 0 unspecified atom stereocenters. The molecule has 1 aromatic carbocycles. The zero-order valence-corrected chi connectivity index (χ0v) is 12.4. The maximum absolute atomic E-state index is 9.44. The number of carbonyl (C=O) groups excluding carboxylic acids is 1. The quantitative estimate of drug-likeness (QED) is 0.582. The van der Waals surface area contributed by atoms with Gasteiger partial charge in [-0.1, -0.05) is 77.9 Å². The molecule has 0 fully saturated rings. The Bertz CT molecular complexity index is 137. The number of hydrogen-bond donors (Lipinski definition) is 0. The molecule has 0 radical (unpaired) electrons. The number of rotatable bonds is 0. The van der Waals surface area contributed by atoms with Crippen LogP contribution < -0.4 is 0 Å². The van der Waals surface area contributed by atoms with E-state index in [1.807, 2.05) is 77.9 Å². The molecule has 1 nitrogen and oxygen atoms in total. The Morgan fingerprint density at radius 1 is 0.562 bits per heavy atom. The van der Waals surface area contributed by atoms with E-state index < -0.39 is 0 Å². The fourth-order valence-corrected chi connectivity index (χ4v) is 0.385. The largest absolute Gasteiger partial charge is 0.300 e. The highest BCUT2D eigenvalue weighted by Gasteiger charge is 1.62.